The van der Waals surface area contributed by atoms with E-state index in [1.807, 2.05) is 0 Å². The van der Waals surface area contributed by atoms with E-state index in [1.165, 1.54) is 51.4 Å². The molecule has 0 aliphatic carbocycles. The van der Waals surface area contributed by atoms with Crippen LogP contribution in [0.4, 0.5) is 0 Å². The van der Waals surface area contributed by atoms with Gasteiger partial charge in [0.05, 0.1) is 11.7 Å². The fraction of sp³-hybridized carbons (Fsp3) is 1.00. The Morgan fingerprint density at radius 2 is 2.21 bits per heavy atom. The van der Waals surface area contributed by atoms with Crippen molar-refractivity contribution in [3.63, 3.8) is 0 Å². The molecule has 112 valence electrons. The van der Waals surface area contributed by atoms with Crippen molar-refractivity contribution >= 4 is 0 Å². The number of nitrogens with one attached hydrogen (secondary N) is 1. The molecule has 0 aromatic heterocycles. The summed E-state index contributed by atoms with van der Waals surface area (Å²) < 4.78 is 11.7. The molecule has 0 aromatic rings. The van der Waals surface area contributed by atoms with Crippen molar-refractivity contribution in [3.05, 3.63) is 0 Å². The average molecular weight is 269 g/mol. The van der Waals surface area contributed by atoms with Crippen molar-refractivity contribution in [2.75, 3.05) is 19.8 Å². The third-order valence-electron chi connectivity index (χ3n) is 4.67. The Hall–Kier alpha value is -0.120. The zero-order chi connectivity index (χ0) is 13.6. The highest BCUT2D eigenvalue weighted by molar-refractivity contribution is 4.92. The van der Waals surface area contributed by atoms with E-state index in [0.717, 1.165) is 19.8 Å². The van der Waals surface area contributed by atoms with Gasteiger partial charge in [-0.15, -0.1) is 0 Å². The van der Waals surface area contributed by atoms with Crippen LogP contribution in [0.5, 0.6) is 0 Å². The van der Waals surface area contributed by atoms with Crippen molar-refractivity contribution in [2.24, 2.45) is 0 Å². The lowest BCUT2D eigenvalue weighted by Crippen LogP contribution is -2.48. The molecule has 3 atom stereocenters. The molecule has 3 nitrogen and oxygen atoms in total. The number of rotatable bonds is 8. The van der Waals surface area contributed by atoms with Crippen molar-refractivity contribution in [3.8, 4) is 0 Å². The fourth-order valence-electron chi connectivity index (χ4n) is 3.44. The normalized spacial score (nSPS) is 32.8. The molecule has 3 unspecified atom stereocenters. The van der Waals surface area contributed by atoms with Crippen LogP contribution in [0.2, 0.25) is 0 Å². The minimum Gasteiger partial charge on any atom is -0.378 e. The molecule has 0 radical (unpaired) electrons. The standard InChI is InChI=1S/C16H31NO2/c1-3-11-17-15(16(2)10-6-13-19-16)9-4-7-14-8-5-12-18-14/h14-15,17H,3-13H2,1-2H3. The SMILES string of the molecule is CCCNC(CCCC1CCCO1)C1(C)CCCO1. The Labute approximate surface area is 118 Å². The molecule has 2 fully saturated rings. The zero-order valence-electron chi connectivity index (χ0n) is 12.7. The van der Waals surface area contributed by atoms with E-state index in [2.05, 4.69) is 19.2 Å². The second kappa shape index (κ2) is 7.61. The summed E-state index contributed by atoms with van der Waals surface area (Å²) in [6.45, 7) is 7.53. The molecule has 3 heteroatoms. The maximum absolute atomic E-state index is 6.03. The second-order valence-corrected chi connectivity index (χ2v) is 6.34. The number of hydrogen-bond donors (Lipinski definition) is 1. The van der Waals surface area contributed by atoms with Crippen molar-refractivity contribution < 1.29 is 9.47 Å². The summed E-state index contributed by atoms with van der Waals surface area (Å²) in [6.07, 6.45) is 10.4. The first-order valence-corrected chi connectivity index (χ1v) is 8.23. The van der Waals surface area contributed by atoms with Crippen LogP contribution < -0.4 is 5.32 Å². The molecule has 2 saturated heterocycles. The van der Waals surface area contributed by atoms with Gasteiger partial charge in [0.2, 0.25) is 0 Å². The molecule has 0 saturated carbocycles. The summed E-state index contributed by atoms with van der Waals surface area (Å²) in [4.78, 5) is 0. The Balaban J connectivity index is 1.75. The van der Waals surface area contributed by atoms with Crippen LogP contribution in [-0.2, 0) is 9.47 Å². The van der Waals surface area contributed by atoms with Gasteiger partial charge in [-0.2, -0.15) is 0 Å². The van der Waals surface area contributed by atoms with Crippen molar-refractivity contribution in [1.29, 1.82) is 0 Å². The third-order valence-corrected chi connectivity index (χ3v) is 4.67. The first-order chi connectivity index (χ1) is 9.24. The smallest absolute Gasteiger partial charge is 0.0807 e. The van der Waals surface area contributed by atoms with Crippen LogP contribution in [0, 0.1) is 0 Å². The lowest BCUT2D eigenvalue weighted by Gasteiger charge is -2.34. The van der Waals surface area contributed by atoms with Gasteiger partial charge >= 0.3 is 0 Å². The molecule has 0 amide bonds. The topological polar surface area (TPSA) is 30.5 Å². The van der Waals surface area contributed by atoms with Crippen LogP contribution in [0.1, 0.15) is 65.2 Å². The van der Waals surface area contributed by atoms with Crippen LogP contribution in [0.15, 0.2) is 0 Å². The Morgan fingerprint density at radius 1 is 1.32 bits per heavy atom. The van der Waals surface area contributed by atoms with E-state index in [0.29, 0.717) is 12.1 Å². The fourth-order valence-corrected chi connectivity index (χ4v) is 3.44. The predicted molar refractivity (Wildman–Crippen MR) is 78.5 cm³/mol. The molecule has 0 spiro atoms. The summed E-state index contributed by atoms with van der Waals surface area (Å²) in [6, 6.07) is 0.511. The van der Waals surface area contributed by atoms with E-state index < -0.39 is 0 Å². The van der Waals surface area contributed by atoms with Gasteiger partial charge in [0.15, 0.2) is 0 Å². The Kier molecular flexibility index (Phi) is 6.11. The highest BCUT2D eigenvalue weighted by Crippen LogP contribution is 2.31. The molecular weight excluding hydrogens is 238 g/mol. The predicted octanol–water partition coefficient (Wildman–Crippen LogP) is 3.27. The molecular formula is C16H31NO2. The van der Waals surface area contributed by atoms with E-state index in [-0.39, 0.29) is 5.60 Å². The first kappa shape index (κ1) is 15.3. The first-order valence-electron chi connectivity index (χ1n) is 8.23. The van der Waals surface area contributed by atoms with Gasteiger partial charge in [0.1, 0.15) is 0 Å². The van der Waals surface area contributed by atoms with Gasteiger partial charge in [-0.1, -0.05) is 6.92 Å². The van der Waals surface area contributed by atoms with Gasteiger partial charge < -0.3 is 14.8 Å². The lowest BCUT2D eigenvalue weighted by molar-refractivity contribution is -0.0154. The third kappa shape index (κ3) is 4.44. The molecule has 2 aliphatic heterocycles. The van der Waals surface area contributed by atoms with Crippen LogP contribution in [-0.4, -0.2) is 37.5 Å². The summed E-state index contributed by atoms with van der Waals surface area (Å²) in [5.74, 6) is 0. The second-order valence-electron chi connectivity index (χ2n) is 6.34. The average Bonchev–Trinajstić information content (AvgIpc) is 3.05. The van der Waals surface area contributed by atoms with Crippen LogP contribution in [0.3, 0.4) is 0 Å². The largest absolute Gasteiger partial charge is 0.378 e. The van der Waals surface area contributed by atoms with Crippen LogP contribution in [0.25, 0.3) is 0 Å². The maximum Gasteiger partial charge on any atom is 0.0807 e. The Bertz CT molecular complexity index is 245. The quantitative estimate of drug-likeness (QED) is 0.733. The van der Waals surface area contributed by atoms with Crippen LogP contribution >= 0.6 is 0 Å². The molecule has 2 rings (SSSR count). The molecule has 0 bridgehead atoms. The minimum atomic E-state index is 0.0612. The summed E-state index contributed by atoms with van der Waals surface area (Å²) in [5, 5.41) is 3.71. The lowest BCUT2D eigenvalue weighted by atomic mass is 9.88. The monoisotopic (exact) mass is 269 g/mol. The molecule has 1 N–H and O–H groups in total. The van der Waals surface area contributed by atoms with E-state index >= 15 is 0 Å². The van der Waals surface area contributed by atoms with Gasteiger partial charge in [0, 0.05) is 19.3 Å². The highest BCUT2D eigenvalue weighted by Gasteiger charge is 2.37. The summed E-state index contributed by atoms with van der Waals surface area (Å²) in [7, 11) is 0. The van der Waals surface area contributed by atoms with E-state index in [1.54, 1.807) is 0 Å². The van der Waals surface area contributed by atoms with Gasteiger partial charge in [-0.3, -0.25) is 0 Å². The molecule has 19 heavy (non-hydrogen) atoms. The Morgan fingerprint density at radius 3 is 2.84 bits per heavy atom. The van der Waals surface area contributed by atoms with Gasteiger partial charge in [0.25, 0.3) is 0 Å². The number of ether oxygens (including phenoxy) is 2. The van der Waals surface area contributed by atoms with Crippen molar-refractivity contribution in [2.45, 2.75) is 83.0 Å². The minimum absolute atomic E-state index is 0.0612. The van der Waals surface area contributed by atoms with Gasteiger partial charge in [-0.25, -0.2) is 0 Å². The number of hydrogen-bond acceptors (Lipinski definition) is 3. The molecule has 2 heterocycles. The van der Waals surface area contributed by atoms with E-state index in [9.17, 15) is 0 Å². The highest BCUT2D eigenvalue weighted by atomic mass is 16.5. The van der Waals surface area contributed by atoms with E-state index in [4.69, 9.17) is 9.47 Å². The summed E-state index contributed by atoms with van der Waals surface area (Å²) in [5.41, 5.74) is 0.0612. The molecule has 0 aromatic carbocycles. The maximum atomic E-state index is 6.03. The van der Waals surface area contributed by atoms with Crippen molar-refractivity contribution in [1.82, 2.24) is 5.32 Å². The van der Waals surface area contributed by atoms with Gasteiger partial charge in [-0.05, 0) is 64.8 Å². The molecule has 2 aliphatic rings. The summed E-state index contributed by atoms with van der Waals surface area (Å²) >= 11 is 0. The zero-order valence-corrected chi connectivity index (χ0v) is 12.7.